The zero-order valence-corrected chi connectivity index (χ0v) is 10.6. The Morgan fingerprint density at radius 1 is 1.62 bits per heavy atom. The van der Waals surface area contributed by atoms with Crippen molar-refractivity contribution < 1.29 is 9.90 Å². The molecule has 1 fully saturated rings. The van der Waals surface area contributed by atoms with Crippen LogP contribution < -0.4 is 0 Å². The lowest BCUT2D eigenvalue weighted by atomic mass is 9.95. The molecule has 0 aliphatic carbocycles. The number of aliphatic carboxylic acids is 1. The number of hydrogen-bond donors (Lipinski definition) is 1. The van der Waals surface area contributed by atoms with Crippen molar-refractivity contribution in [3.8, 4) is 6.07 Å². The van der Waals surface area contributed by atoms with Crippen molar-refractivity contribution in [2.45, 2.75) is 37.0 Å². The third-order valence-corrected chi connectivity index (χ3v) is 4.59. The first-order chi connectivity index (χ1) is 7.58. The van der Waals surface area contributed by atoms with Gasteiger partial charge in [-0.05, 0) is 25.5 Å². The molecule has 1 unspecified atom stereocenters. The summed E-state index contributed by atoms with van der Waals surface area (Å²) in [5, 5.41) is 18.2. The highest BCUT2D eigenvalue weighted by atomic mass is 32.2. The smallest absolute Gasteiger partial charge is 0.320 e. The number of nitrogens with zero attached hydrogens (tertiary/aromatic N) is 2. The summed E-state index contributed by atoms with van der Waals surface area (Å²) in [7, 11) is 0. The van der Waals surface area contributed by atoms with Gasteiger partial charge in [0.15, 0.2) is 0 Å². The lowest BCUT2D eigenvalue weighted by molar-refractivity contribution is -0.143. The number of hydrogen-bond acceptors (Lipinski definition) is 4. The van der Waals surface area contributed by atoms with Crippen LogP contribution in [0.1, 0.15) is 26.2 Å². The van der Waals surface area contributed by atoms with Gasteiger partial charge in [0.1, 0.15) is 10.8 Å². The normalized spacial score (nSPS) is 22.3. The van der Waals surface area contributed by atoms with Gasteiger partial charge in [-0.25, -0.2) is 0 Å². The van der Waals surface area contributed by atoms with Crippen molar-refractivity contribution in [2.75, 3.05) is 19.3 Å². The standard InChI is InChI=1S/C11H18N2O2S/c1-3-9(10(14)15)13-6-4-11(8-12,16-2)5-7-13/h9H,3-7H2,1-2H3,(H,14,15). The molecule has 0 bridgehead atoms. The number of thioether (sulfide) groups is 1. The van der Waals surface area contributed by atoms with Crippen LogP contribution in [-0.4, -0.2) is 46.1 Å². The zero-order valence-electron chi connectivity index (χ0n) is 9.77. The summed E-state index contributed by atoms with van der Waals surface area (Å²) in [6.45, 7) is 3.30. The summed E-state index contributed by atoms with van der Waals surface area (Å²) < 4.78 is -0.298. The number of nitriles is 1. The Labute approximate surface area is 101 Å². The molecule has 0 aromatic heterocycles. The SMILES string of the molecule is CCC(C(=O)O)N1CCC(C#N)(SC)CC1. The van der Waals surface area contributed by atoms with Gasteiger partial charge in [-0.1, -0.05) is 6.92 Å². The van der Waals surface area contributed by atoms with Crippen LogP contribution in [0.15, 0.2) is 0 Å². The van der Waals surface area contributed by atoms with Gasteiger partial charge in [-0.15, -0.1) is 11.8 Å². The van der Waals surface area contributed by atoms with E-state index in [1.165, 1.54) is 0 Å². The van der Waals surface area contributed by atoms with Gasteiger partial charge in [0.25, 0.3) is 0 Å². The molecule has 90 valence electrons. The molecular weight excluding hydrogens is 224 g/mol. The van der Waals surface area contributed by atoms with Crippen LogP contribution in [0.4, 0.5) is 0 Å². The van der Waals surface area contributed by atoms with Crippen molar-refractivity contribution >= 4 is 17.7 Å². The molecular formula is C11H18N2O2S. The highest BCUT2D eigenvalue weighted by Gasteiger charge is 2.37. The van der Waals surface area contributed by atoms with Crippen LogP contribution in [0, 0.1) is 11.3 Å². The molecule has 1 aliphatic heterocycles. The van der Waals surface area contributed by atoms with Crippen molar-refractivity contribution in [3.63, 3.8) is 0 Å². The lowest BCUT2D eigenvalue weighted by Crippen LogP contribution is -2.49. The minimum Gasteiger partial charge on any atom is -0.480 e. The van der Waals surface area contributed by atoms with E-state index in [4.69, 9.17) is 10.4 Å². The van der Waals surface area contributed by atoms with Crippen LogP contribution in [-0.2, 0) is 4.79 Å². The Balaban J connectivity index is 2.61. The van der Waals surface area contributed by atoms with Crippen molar-refractivity contribution in [3.05, 3.63) is 0 Å². The first-order valence-electron chi connectivity index (χ1n) is 5.52. The first kappa shape index (κ1) is 13.3. The first-order valence-corrected chi connectivity index (χ1v) is 6.74. The Hall–Kier alpha value is -0.730. The maximum absolute atomic E-state index is 11.0. The van der Waals surface area contributed by atoms with Crippen LogP contribution in [0.3, 0.4) is 0 Å². The predicted molar refractivity (Wildman–Crippen MR) is 64.4 cm³/mol. The molecule has 1 aliphatic rings. The van der Waals surface area contributed by atoms with Crippen molar-refractivity contribution in [1.29, 1.82) is 5.26 Å². The third-order valence-electron chi connectivity index (χ3n) is 3.31. The molecule has 1 atom stereocenters. The number of rotatable bonds is 4. The Morgan fingerprint density at radius 2 is 2.19 bits per heavy atom. The van der Waals surface area contributed by atoms with E-state index < -0.39 is 12.0 Å². The molecule has 4 nitrogen and oxygen atoms in total. The van der Waals surface area contributed by atoms with Gasteiger partial charge in [0.05, 0.1) is 6.07 Å². The Morgan fingerprint density at radius 3 is 2.50 bits per heavy atom. The van der Waals surface area contributed by atoms with Crippen LogP contribution in [0.25, 0.3) is 0 Å². The van der Waals surface area contributed by atoms with Gasteiger partial charge in [-0.3, -0.25) is 9.69 Å². The van der Waals surface area contributed by atoms with Gasteiger partial charge in [0.2, 0.25) is 0 Å². The van der Waals surface area contributed by atoms with Gasteiger partial charge in [-0.2, -0.15) is 5.26 Å². The maximum atomic E-state index is 11.0. The summed E-state index contributed by atoms with van der Waals surface area (Å²) in [4.78, 5) is 13.0. The molecule has 0 aromatic carbocycles. The molecule has 1 heterocycles. The second-order valence-corrected chi connectivity index (χ2v) is 5.30. The van der Waals surface area contributed by atoms with E-state index in [-0.39, 0.29) is 4.75 Å². The van der Waals surface area contributed by atoms with Crippen molar-refractivity contribution in [1.82, 2.24) is 4.90 Å². The number of carbonyl (C=O) groups is 1. The fraction of sp³-hybridized carbons (Fsp3) is 0.818. The third kappa shape index (κ3) is 2.69. The quantitative estimate of drug-likeness (QED) is 0.810. The molecule has 1 rings (SSSR count). The summed E-state index contributed by atoms with van der Waals surface area (Å²) in [5.74, 6) is -0.754. The molecule has 16 heavy (non-hydrogen) atoms. The van der Waals surface area contributed by atoms with E-state index in [0.29, 0.717) is 19.5 Å². The summed E-state index contributed by atoms with van der Waals surface area (Å²) >= 11 is 1.59. The molecule has 0 radical (unpaired) electrons. The summed E-state index contributed by atoms with van der Waals surface area (Å²) in [6, 6.07) is 1.97. The van der Waals surface area contributed by atoms with E-state index in [1.54, 1.807) is 11.8 Å². The second-order valence-electron chi connectivity index (χ2n) is 4.11. The summed E-state index contributed by atoms with van der Waals surface area (Å²) in [5.41, 5.74) is 0. The predicted octanol–water partition coefficient (Wildman–Crippen LogP) is 1.57. The fourth-order valence-corrected chi connectivity index (χ4v) is 2.83. The second kappa shape index (κ2) is 5.55. The average Bonchev–Trinajstić information content (AvgIpc) is 2.31. The average molecular weight is 242 g/mol. The minimum absolute atomic E-state index is 0.298. The van der Waals surface area contributed by atoms with Crippen LogP contribution >= 0.6 is 11.8 Å². The molecule has 0 saturated carbocycles. The molecule has 5 heteroatoms. The highest BCUT2D eigenvalue weighted by Crippen LogP contribution is 2.34. The topological polar surface area (TPSA) is 64.3 Å². The lowest BCUT2D eigenvalue weighted by Gasteiger charge is -2.38. The van der Waals surface area contributed by atoms with Gasteiger partial charge < -0.3 is 5.11 Å². The van der Waals surface area contributed by atoms with E-state index >= 15 is 0 Å². The molecule has 0 spiro atoms. The Kier molecular flexibility index (Phi) is 4.63. The number of carboxylic acids is 1. The van der Waals surface area contributed by atoms with Gasteiger partial charge in [0, 0.05) is 13.1 Å². The minimum atomic E-state index is -0.754. The molecule has 1 N–H and O–H groups in total. The van der Waals surface area contributed by atoms with E-state index in [9.17, 15) is 4.79 Å². The number of carboxylic acid groups (broad SMARTS) is 1. The number of piperidine rings is 1. The van der Waals surface area contributed by atoms with E-state index in [0.717, 1.165) is 12.8 Å². The molecule has 0 amide bonds. The molecule has 0 aromatic rings. The number of likely N-dealkylation sites (tertiary alicyclic amines) is 1. The van der Waals surface area contributed by atoms with Crippen LogP contribution in [0.2, 0.25) is 0 Å². The monoisotopic (exact) mass is 242 g/mol. The largest absolute Gasteiger partial charge is 0.480 e. The summed E-state index contributed by atoms with van der Waals surface area (Å²) in [6.07, 6.45) is 4.09. The highest BCUT2D eigenvalue weighted by molar-refractivity contribution is 8.00. The van der Waals surface area contributed by atoms with Gasteiger partial charge >= 0.3 is 5.97 Å². The Bertz CT molecular complexity index is 293. The van der Waals surface area contributed by atoms with Crippen molar-refractivity contribution in [2.24, 2.45) is 0 Å². The van der Waals surface area contributed by atoms with Crippen LogP contribution in [0.5, 0.6) is 0 Å². The van der Waals surface area contributed by atoms with E-state index in [1.807, 2.05) is 18.1 Å². The maximum Gasteiger partial charge on any atom is 0.320 e. The molecule has 1 saturated heterocycles. The van der Waals surface area contributed by atoms with E-state index in [2.05, 4.69) is 6.07 Å². The fourth-order valence-electron chi connectivity index (χ4n) is 2.15. The zero-order chi connectivity index (χ0) is 12.2.